The molecule has 1 amide bonds. The van der Waals surface area contributed by atoms with Gasteiger partial charge in [0.25, 0.3) is 5.91 Å². The Hall–Kier alpha value is -2.57. The summed E-state index contributed by atoms with van der Waals surface area (Å²) in [5.74, 6) is 5.55. The highest BCUT2D eigenvalue weighted by Crippen LogP contribution is 2.14. The van der Waals surface area contributed by atoms with Crippen LogP contribution in [0.1, 0.15) is 33.2 Å². The maximum Gasteiger partial charge on any atom is 0.253 e. The van der Waals surface area contributed by atoms with Gasteiger partial charge in [-0.15, -0.1) is 0 Å². The summed E-state index contributed by atoms with van der Waals surface area (Å²) in [5.41, 5.74) is 1.87. The third-order valence-corrected chi connectivity index (χ3v) is 3.31. The molecule has 0 saturated heterocycles. The fraction of sp³-hybridized carbons (Fsp3) is 0.111. The molecule has 0 fully saturated rings. The molecule has 0 aliphatic carbocycles. The molecular weight excluding hydrogens is 298 g/mol. The lowest BCUT2D eigenvalue weighted by molar-refractivity contribution is 0.0957. The second kappa shape index (κ2) is 7.44. The lowest BCUT2D eigenvalue weighted by Gasteiger charge is -2.02. The highest BCUT2D eigenvalue weighted by molar-refractivity contribution is 6.33. The highest BCUT2D eigenvalue weighted by atomic mass is 35.5. The number of rotatable bonds is 3. The third-order valence-electron chi connectivity index (χ3n) is 2.98. The Morgan fingerprint density at radius 3 is 2.41 bits per heavy atom. The van der Waals surface area contributed by atoms with Crippen LogP contribution in [0.3, 0.4) is 0 Å². The average Bonchev–Trinajstić information content (AvgIpc) is 2.52. The van der Waals surface area contributed by atoms with E-state index in [1.54, 1.807) is 48.5 Å². The van der Waals surface area contributed by atoms with E-state index in [9.17, 15) is 9.59 Å². The van der Waals surface area contributed by atoms with E-state index in [1.165, 1.54) is 6.92 Å². The fourth-order valence-corrected chi connectivity index (χ4v) is 2.02. The summed E-state index contributed by atoms with van der Waals surface area (Å²) in [6.07, 6.45) is 0. The topological polar surface area (TPSA) is 46.2 Å². The van der Waals surface area contributed by atoms with E-state index in [0.717, 1.165) is 5.56 Å². The Balaban J connectivity index is 1.93. The number of amides is 1. The second-order valence-corrected chi connectivity index (χ2v) is 5.01. The minimum absolute atomic E-state index is 0.0199. The minimum atomic E-state index is -0.258. The van der Waals surface area contributed by atoms with Crippen LogP contribution in [-0.2, 0) is 0 Å². The number of Topliss-reactive ketones (excluding diaryl/α,β-unsaturated/α-hetero) is 1. The van der Waals surface area contributed by atoms with Gasteiger partial charge in [0.05, 0.1) is 17.1 Å². The molecule has 1 N–H and O–H groups in total. The van der Waals surface area contributed by atoms with Crippen molar-refractivity contribution in [3.63, 3.8) is 0 Å². The smallest absolute Gasteiger partial charge is 0.253 e. The largest absolute Gasteiger partial charge is 0.341 e. The zero-order chi connectivity index (χ0) is 15.9. The van der Waals surface area contributed by atoms with Gasteiger partial charge in [0.15, 0.2) is 5.78 Å². The Labute approximate surface area is 134 Å². The van der Waals surface area contributed by atoms with Crippen molar-refractivity contribution in [1.29, 1.82) is 0 Å². The molecule has 0 aliphatic rings. The van der Waals surface area contributed by atoms with Gasteiger partial charge in [-0.2, -0.15) is 0 Å². The number of halogens is 1. The molecule has 0 unspecified atom stereocenters. The first kappa shape index (κ1) is 15.8. The molecule has 2 aromatic rings. The number of carbonyl (C=O) groups is 2. The van der Waals surface area contributed by atoms with Gasteiger partial charge < -0.3 is 5.32 Å². The van der Waals surface area contributed by atoms with Crippen LogP contribution < -0.4 is 5.32 Å². The van der Waals surface area contributed by atoms with Gasteiger partial charge in [-0.05, 0) is 31.2 Å². The standard InChI is InChI=1S/C18H14ClNO2/c1-13(21)15-10-8-14(9-11-15)5-4-12-20-18(22)16-6-2-3-7-17(16)19/h2-3,6-11H,12H2,1H3,(H,20,22). The molecule has 0 bridgehead atoms. The quantitative estimate of drug-likeness (QED) is 0.698. The van der Waals surface area contributed by atoms with Gasteiger partial charge in [0.2, 0.25) is 0 Å². The molecule has 22 heavy (non-hydrogen) atoms. The van der Waals surface area contributed by atoms with E-state index in [4.69, 9.17) is 11.6 Å². The second-order valence-electron chi connectivity index (χ2n) is 4.60. The number of carbonyl (C=O) groups excluding carboxylic acids is 2. The Kier molecular flexibility index (Phi) is 5.35. The van der Waals surface area contributed by atoms with Crippen LogP contribution in [0.2, 0.25) is 5.02 Å². The normalized spacial score (nSPS) is 9.55. The number of ketones is 1. The van der Waals surface area contributed by atoms with Gasteiger partial charge in [-0.25, -0.2) is 0 Å². The lowest BCUT2D eigenvalue weighted by atomic mass is 10.1. The van der Waals surface area contributed by atoms with Crippen molar-refractivity contribution in [1.82, 2.24) is 5.32 Å². The number of hydrogen-bond donors (Lipinski definition) is 1. The van der Waals surface area contributed by atoms with E-state index in [0.29, 0.717) is 16.1 Å². The molecule has 0 spiro atoms. The molecule has 0 aromatic heterocycles. The summed E-state index contributed by atoms with van der Waals surface area (Å²) in [4.78, 5) is 23.1. The van der Waals surface area contributed by atoms with E-state index >= 15 is 0 Å². The van der Waals surface area contributed by atoms with Crippen molar-refractivity contribution in [3.8, 4) is 11.8 Å². The van der Waals surface area contributed by atoms with Gasteiger partial charge in [-0.3, -0.25) is 9.59 Å². The van der Waals surface area contributed by atoms with E-state index < -0.39 is 0 Å². The van der Waals surface area contributed by atoms with Gasteiger partial charge in [0, 0.05) is 11.1 Å². The van der Waals surface area contributed by atoms with Crippen LogP contribution in [0.15, 0.2) is 48.5 Å². The molecule has 4 heteroatoms. The highest BCUT2D eigenvalue weighted by Gasteiger charge is 2.07. The summed E-state index contributed by atoms with van der Waals surface area (Å²) in [5, 5.41) is 3.10. The maximum atomic E-state index is 11.9. The van der Waals surface area contributed by atoms with Crippen LogP contribution in [0, 0.1) is 11.8 Å². The van der Waals surface area contributed by atoms with Crippen molar-refractivity contribution in [2.45, 2.75) is 6.92 Å². The molecular formula is C18H14ClNO2. The maximum absolute atomic E-state index is 11.9. The summed E-state index contributed by atoms with van der Waals surface area (Å²) < 4.78 is 0. The molecule has 0 radical (unpaired) electrons. The summed E-state index contributed by atoms with van der Waals surface area (Å²) in [7, 11) is 0. The van der Waals surface area contributed by atoms with Crippen LogP contribution in [0.4, 0.5) is 0 Å². The van der Waals surface area contributed by atoms with Crippen LogP contribution in [-0.4, -0.2) is 18.2 Å². The predicted octanol–water partition coefficient (Wildman–Crippen LogP) is 3.32. The van der Waals surface area contributed by atoms with Crippen LogP contribution >= 0.6 is 11.6 Å². The lowest BCUT2D eigenvalue weighted by Crippen LogP contribution is -2.23. The summed E-state index contributed by atoms with van der Waals surface area (Å²) >= 11 is 5.94. The predicted molar refractivity (Wildman–Crippen MR) is 87.1 cm³/mol. The summed E-state index contributed by atoms with van der Waals surface area (Å²) in [6, 6.07) is 13.9. The van der Waals surface area contributed by atoms with Crippen LogP contribution in [0.5, 0.6) is 0 Å². The van der Waals surface area contributed by atoms with E-state index in [2.05, 4.69) is 17.2 Å². The minimum Gasteiger partial charge on any atom is -0.341 e. The third kappa shape index (κ3) is 4.21. The first-order valence-electron chi connectivity index (χ1n) is 6.70. The van der Waals surface area contributed by atoms with Gasteiger partial charge >= 0.3 is 0 Å². The van der Waals surface area contributed by atoms with Crippen molar-refractivity contribution in [3.05, 3.63) is 70.2 Å². The molecule has 0 heterocycles. The molecule has 110 valence electrons. The van der Waals surface area contributed by atoms with Gasteiger partial charge in [-0.1, -0.05) is 47.7 Å². The molecule has 3 nitrogen and oxygen atoms in total. The Bertz CT molecular complexity index is 755. The molecule has 0 saturated carbocycles. The zero-order valence-electron chi connectivity index (χ0n) is 12.0. The van der Waals surface area contributed by atoms with Crippen molar-refractivity contribution in [2.75, 3.05) is 6.54 Å². The first-order chi connectivity index (χ1) is 10.6. The fourth-order valence-electron chi connectivity index (χ4n) is 1.80. The number of nitrogens with one attached hydrogen (secondary N) is 1. The van der Waals surface area contributed by atoms with E-state index in [-0.39, 0.29) is 18.2 Å². The van der Waals surface area contributed by atoms with Gasteiger partial charge in [0.1, 0.15) is 0 Å². The first-order valence-corrected chi connectivity index (χ1v) is 7.08. The number of benzene rings is 2. The molecule has 2 rings (SSSR count). The Morgan fingerprint density at radius 2 is 1.77 bits per heavy atom. The van der Waals surface area contributed by atoms with Crippen LogP contribution in [0.25, 0.3) is 0 Å². The average molecular weight is 312 g/mol. The van der Waals surface area contributed by atoms with Crippen molar-refractivity contribution in [2.24, 2.45) is 0 Å². The zero-order valence-corrected chi connectivity index (χ0v) is 12.8. The molecule has 2 aromatic carbocycles. The van der Waals surface area contributed by atoms with Crippen molar-refractivity contribution < 1.29 is 9.59 Å². The monoisotopic (exact) mass is 311 g/mol. The molecule has 0 atom stereocenters. The van der Waals surface area contributed by atoms with E-state index in [1.807, 2.05) is 0 Å². The van der Waals surface area contributed by atoms with Crippen molar-refractivity contribution >= 4 is 23.3 Å². The molecule has 0 aliphatic heterocycles. The number of hydrogen-bond acceptors (Lipinski definition) is 2. The SMILES string of the molecule is CC(=O)c1ccc(C#CCNC(=O)c2ccccc2Cl)cc1. The summed E-state index contributed by atoms with van der Waals surface area (Å²) in [6.45, 7) is 1.74. The Morgan fingerprint density at radius 1 is 1.09 bits per heavy atom.